The van der Waals surface area contributed by atoms with Crippen molar-refractivity contribution in [2.45, 2.75) is 12.3 Å². The zero-order valence-corrected chi connectivity index (χ0v) is 11.3. The van der Waals surface area contributed by atoms with Crippen molar-refractivity contribution < 1.29 is 4.39 Å². The summed E-state index contributed by atoms with van der Waals surface area (Å²) in [4.78, 5) is 8.57. The summed E-state index contributed by atoms with van der Waals surface area (Å²) in [5.74, 6) is 0.0203. The molecule has 0 saturated carbocycles. The molecule has 0 bridgehead atoms. The Morgan fingerprint density at radius 3 is 2.67 bits per heavy atom. The van der Waals surface area contributed by atoms with Crippen molar-refractivity contribution in [3.8, 4) is 11.3 Å². The summed E-state index contributed by atoms with van der Waals surface area (Å²) in [7, 11) is 0. The number of rotatable bonds is 1. The summed E-state index contributed by atoms with van der Waals surface area (Å²) in [6.45, 7) is 0. The molecule has 2 nitrogen and oxygen atoms in total. The van der Waals surface area contributed by atoms with Gasteiger partial charge in [-0.15, -0.1) is 0 Å². The van der Waals surface area contributed by atoms with Gasteiger partial charge < -0.3 is 0 Å². The molecule has 0 saturated heterocycles. The van der Waals surface area contributed by atoms with Crippen LogP contribution in [0.15, 0.2) is 61.1 Å². The molecule has 1 unspecified atom stereocenters. The number of hydrogen-bond acceptors (Lipinski definition) is 2. The lowest BCUT2D eigenvalue weighted by Crippen LogP contribution is -2.13. The zero-order chi connectivity index (χ0) is 14.2. The SMILES string of the molecule is Fc1ccc(C2Cc3cncnc3-c3ccccc32)cc1. The molecule has 0 fully saturated rings. The van der Waals surface area contributed by atoms with Gasteiger partial charge in [-0.25, -0.2) is 14.4 Å². The van der Waals surface area contributed by atoms with Gasteiger partial charge in [0, 0.05) is 17.7 Å². The second kappa shape index (κ2) is 4.77. The van der Waals surface area contributed by atoms with E-state index >= 15 is 0 Å². The number of benzene rings is 2. The van der Waals surface area contributed by atoms with Gasteiger partial charge in [0.05, 0.1) is 5.69 Å². The van der Waals surface area contributed by atoms with E-state index < -0.39 is 0 Å². The lowest BCUT2D eigenvalue weighted by Gasteiger charge is -2.27. The number of halogens is 1. The van der Waals surface area contributed by atoms with Gasteiger partial charge in [-0.05, 0) is 35.2 Å². The van der Waals surface area contributed by atoms with Gasteiger partial charge in [0.1, 0.15) is 12.1 Å². The molecule has 102 valence electrons. The zero-order valence-electron chi connectivity index (χ0n) is 11.3. The predicted molar refractivity (Wildman–Crippen MR) is 79.4 cm³/mol. The third-order valence-corrected chi connectivity index (χ3v) is 4.08. The fourth-order valence-electron chi connectivity index (χ4n) is 3.09. The van der Waals surface area contributed by atoms with E-state index in [-0.39, 0.29) is 11.7 Å². The summed E-state index contributed by atoms with van der Waals surface area (Å²) in [5.41, 5.74) is 5.67. The Balaban J connectivity index is 1.90. The van der Waals surface area contributed by atoms with E-state index in [0.717, 1.165) is 28.8 Å². The quantitative estimate of drug-likeness (QED) is 0.672. The molecule has 1 heterocycles. The maximum atomic E-state index is 13.2. The van der Waals surface area contributed by atoms with E-state index in [0.29, 0.717) is 0 Å². The molecular formula is C18H13FN2. The first kappa shape index (κ1) is 12.2. The topological polar surface area (TPSA) is 25.8 Å². The van der Waals surface area contributed by atoms with Gasteiger partial charge in [0.15, 0.2) is 0 Å². The molecule has 3 aromatic rings. The second-order valence-corrected chi connectivity index (χ2v) is 5.29. The van der Waals surface area contributed by atoms with E-state index in [4.69, 9.17) is 0 Å². The molecule has 0 aliphatic heterocycles. The average Bonchev–Trinajstić information content (AvgIpc) is 2.55. The maximum Gasteiger partial charge on any atom is 0.123 e. The average molecular weight is 276 g/mol. The van der Waals surface area contributed by atoms with Crippen LogP contribution in [0.3, 0.4) is 0 Å². The van der Waals surface area contributed by atoms with Crippen LogP contribution in [0.2, 0.25) is 0 Å². The fourth-order valence-corrected chi connectivity index (χ4v) is 3.09. The summed E-state index contributed by atoms with van der Waals surface area (Å²) < 4.78 is 13.2. The minimum Gasteiger partial charge on any atom is -0.244 e. The van der Waals surface area contributed by atoms with Crippen LogP contribution in [0.4, 0.5) is 4.39 Å². The van der Waals surface area contributed by atoms with Crippen LogP contribution >= 0.6 is 0 Å². The molecule has 1 atom stereocenters. The lowest BCUT2D eigenvalue weighted by molar-refractivity contribution is 0.626. The van der Waals surface area contributed by atoms with Crippen LogP contribution in [-0.2, 0) is 6.42 Å². The van der Waals surface area contributed by atoms with Crippen LogP contribution < -0.4 is 0 Å². The molecule has 2 aromatic carbocycles. The molecule has 1 aromatic heterocycles. The Morgan fingerprint density at radius 1 is 1.00 bits per heavy atom. The molecule has 3 heteroatoms. The molecule has 0 radical (unpaired) electrons. The van der Waals surface area contributed by atoms with Crippen molar-refractivity contribution in [2.24, 2.45) is 0 Å². The first-order valence-electron chi connectivity index (χ1n) is 6.96. The molecule has 21 heavy (non-hydrogen) atoms. The van der Waals surface area contributed by atoms with Crippen LogP contribution in [0.25, 0.3) is 11.3 Å². The highest BCUT2D eigenvalue weighted by molar-refractivity contribution is 5.71. The highest BCUT2D eigenvalue weighted by Crippen LogP contribution is 2.41. The predicted octanol–water partition coefficient (Wildman–Crippen LogP) is 3.97. The van der Waals surface area contributed by atoms with Crippen molar-refractivity contribution in [3.63, 3.8) is 0 Å². The second-order valence-electron chi connectivity index (χ2n) is 5.29. The number of nitrogens with zero attached hydrogens (tertiary/aromatic N) is 2. The van der Waals surface area contributed by atoms with Crippen molar-refractivity contribution >= 4 is 0 Å². The Kier molecular flexibility index (Phi) is 2.78. The third-order valence-electron chi connectivity index (χ3n) is 4.08. The summed E-state index contributed by atoms with van der Waals surface area (Å²) in [6, 6.07) is 15.1. The molecule has 0 N–H and O–H groups in total. The van der Waals surface area contributed by atoms with Gasteiger partial charge in [-0.2, -0.15) is 0 Å². The highest BCUT2D eigenvalue weighted by atomic mass is 19.1. The van der Waals surface area contributed by atoms with Gasteiger partial charge >= 0.3 is 0 Å². The third kappa shape index (κ3) is 2.02. The maximum absolute atomic E-state index is 13.2. The first-order valence-corrected chi connectivity index (χ1v) is 6.96. The van der Waals surface area contributed by atoms with E-state index in [2.05, 4.69) is 22.1 Å². The first-order chi connectivity index (χ1) is 10.3. The summed E-state index contributed by atoms with van der Waals surface area (Å²) >= 11 is 0. The molecule has 1 aliphatic carbocycles. The largest absolute Gasteiger partial charge is 0.244 e. The minimum absolute atomic E-state index is 0.202. The van der Waals surface area contributed by atoms with Crippen molar-refractivity contribution in [2.75, 3.05) is 0 Å². The van der Waals surface area contributed by atoms with Crippen LogP contribution in [-0.4, -0.2) is 9.97 Å². The van der Waals surface area contributed by atoms with Crippen molar-refractivity contribution in [3.05, 3.63) is 83.6 Å². The normalized spacial score (nSPS) is 16.1. The molecule has 0 amide bonds. The molecular weight excluding hydrogens is 263 g/mol. The van der Waals surface area contributed by atoms with Crippen LogP contribution in [0.5, 0.6) is 0 Å². The summed E-state index contributed by atoms with van der Waals surface area (Å²) in [6.07, 6.45) is 4.32. The van der Waals surface area contributed by atoms with E-state index in [9.17, 15) is 4.39 Å². The van der Waals surface area contributed by atoms with Gasteiger partial charge in [-0.3, -0.25) is 0 Å². The number of fused-ring (bicyclic) bond motifs is 3. The molecule has 1 aliphatic rings. The number of hydrogen-bond donors (Lipinski definition) is 0. The van der Waals surface area contributed by atoms with E-state index in [1.54, 1.807) is 6.33 Å². The van der Waals surface area contributed by atoms with Crippen LogP contribution in [0.1, 0.15) is 22.6 Å². The Morgan fingerprint density at radius 2 is 1.81 bits per heavy atom. The van der Waals surface area contributed by atoms with Crippen molar-refractivity contribution in [1.82, 2.24) is 9.97 Å². The standard InChI is InChI=1S/C18H13FN2/c19-14-7-5-12(6-8-14)17-9-13-10-20-11-21-18(13)16-4-2-1-3-15(16)17/h1-8,10-11,17H,9H2. The molecule has 4 rings (SSSR count). The van der Waals surface area contributed by atoms with Gasteiger partial charge in [0.25, 0.3) is 0 Å². The number of aromatic nitrogens is 2. The molecule has 0 spiro atoms. The summed E-state index contributed by atoms with van der Waals surface area (Å²) in [5, 5.41) is 0. The van der Waals surface area contributed by atoms with Gasteiger partial charge in [-0.1, -0.05) is 36.4 Å². The van der Waals surface area contributed by atoms with E-state index in [1.165, 1.54) is 17.7 Å². The monoisotopic (exact) mass is 276 g/mol. The lowest BCUT2D eigenvalue weighted by atomic mass is 9.78. The Hall–Kier alpha value is -2.55. The minimum atomic E-state index is -0.202. The Labute approximate surface area is 122 Å². The van der Waals surface area contributed by atoms with Gasteiger partial charge in [0.2, 0.25) is 0 Å². The Bertz CT molecular complexity index is 796. The fraction of sp³-hybridized carbons (Fsp3) is 0.111. The highest BCUT2D eigenvalue weighted by Gasteiger charge is 2.26. The smallest absolute Gasteiger partial charge is 0.123 e. The van der Waals surface area contributed by atoms with Crippen molar-refractivity contribution in [1.29, 1.82) is 0 Å². The van der Waals surface area contributed by atoms with Crippen LogP contribution in [0, 0.1) is 5.82 Å². The van der Waals surface area contributed by atoms with E-state index in [1.807, 2.05) is 30.5 Å².